The van der Waals surface area contributed by atoms with Crippen molar-refractivity contribution < 1.29 is 0 Å². The average Bonchev–Trinajstić information content (AvgIpc) is 2.88. The van der Waals surface area contributed by atoms with Gasteiger partial charge in [-0.15, -0.1) is 11.3 Å². The predicted octanol–water partition coefficient (Wildman–Crippen LogP) is 2.26. The second-order valence-corrected chi connectivity index (χ2v) is 5.21. The summed E-state index contributed by atoms with van der Waals surface area (Å²) in [5.74, 6) is 0. The molecule has 2 rings (SSSR count). The highest BCUT2D eigenvalue weighted by molar-refractivity contribution is 7.09. The maximum atomic E-state index is 8.97. The van der Waals surface area contributed by atoms with Crippen molar-refractivity contribution in [1.29, 1.82) is 5.26 Å². The average molecular weight is 260 g/mol. The molecule has 0 radical (unpaired) electrons. The minimum absolute atomic E-state index is 0.707. The molecule has 18 heavy (non-hydrogen) atoms. The minimum Gasteiger partial charge on any atom is -0.340 e. The Morgan fingerprint density at radius 1 is 1.44 bits per heavy atom. The first-order valence-corrected chi connectivity index (χ1v) is 6.66. The van der Waals surface area contributed by atoms with Gasteiger partial charge in [-0.25, -0.2) is 4.98 Å². The van der Waals surface area contributed by atoms with E-state index in [-0.39, 0.29) is 0 Å². The van der Waals surface area contributed by atoms with E-state index in [1.807, 2.05) is 37.0 Å². The molecule has 0 bridgehead atoms. The number of nitrogens with one attached hydrogen (secondary N) is 1. The van der Waals surface area contributed by atoms with Gasteiger partial charge in [0.2, 0.25) is 0 Å². The number of hydrogen-bond acceptors (Lipinski definition) is 4. The second kappa shape index (κ2) is 5.34. The van der Waals surface area contributed by atoms with Crippen molar-refractivity contribution in [2.24, 2.45) is 7.05 Å². The molecule has 0 atom stereocenters. The summed E-state index contributed by atoms with van der Waals surface area (Å²) in [5, 5.41) is 12.4. The molecule has 4 nitrogen and oxygen atoms in total. The Labute approximate surface area is 111 Å². The number of aromatic nitrogens is 2. The topological polar surface area (TPSA) is 53.6 Å². The molecule has 1 N–H and O–H groups in total. The normalized spacial score (nSPS) is 10.6. The van der Waals surface area contributed by atoms with E-state index < -0.39 is 0 Å². The van der Waals surface area contributed by atoms with Gasteiger partial charge in [-0.3, -0.25) is 0 Å². The standard InChI is InChI=1S/C13H16N4S/c1-9-13(18-8-16-9)7-15-6-11-4-12(5-14)17(3)10(11)2/h4,8,15H,6-7H2,1-3H3. The first kappa shape index (κ1) is 12.8. The largest absolute Gasteiger partial charge is 0.340 e. The maximum Gasteiger partial charge on any atom is 0.120 e. The van der Waals surface area contributed by atoms with Crippen molar-refractivity contribution >= 4 is 11.3 Å². The fraction of sp³-hybridized carbons (Fsp3) is 0.385. The summed E-state index contributed by atoms with van der Waals surface area (Å²) in [6.45, 7) is 5.66. The SMILES string of the molecule is Cc1ncsc1CNCc1cc(C#N)n(C)c1C. The third-order valence-electron chi connectivity index (χ3n) is 3.20. The van der Waals surface area contributed by atoms with Crippen molar-refractivity contribution in [3.05, 3.63) is 39.1 Å². The lowest BCUT2D eigenvalue weighted by Crippen LogP contribution is -2.13. The molecule has 2 heterocycles. The molecule has 0 saturated heterocycles. The van der Waals surface area contributed by atoms with Gasteiger partial charge >= 0.3 is 0 Å². The molecule has 0 unspecified atom stereocenters. The summed E-state index contributed by atoms with van der Waals surface area (Å²) in [6, 6.07) is 4.14. The summed E-state index contributed by atoms with van der Waals surface area (Å²) < 4.78 is 1.93. The molecule has 0 aliphatic rings. The molecular formula is C13H16N4S. The molecule has 0 aromatic carbocycles. The van der Waals surface area contributed by atoms with Crippen LogP contribution in [0.25, 0.3) is 0 Å². The maximum absolute atomic E-state index is 8.97. The summed E-state index contributed by atoms with van der Waals surface area (Å²) in [6.07, 6.45) is 0. The van der Waals surface area contributed by atoms with Crippen LogP contribution < -0.4 is 5.32 Å². The van der Waals surface area contributed by atoms with Crippen molar-refractivity contribution in [2.75, 3.05) is 0 Å². The number of aryl methyl sites for hydroxylation is 1. The van der Waals surface area contributed by atoms with Gasteiger partial charge in [0, 0.05) is 30.7 Å². The summed E-state index contributed by atoms with van der Waals surface area (Å²) in [7, 11) is 1.92. The monoisotopic (exact) mass is 260 g/mol. The molecule has 2 aromatic heterocycles. The van der Waals surface area contributed by atoms with Crippen molar-refractivity contribution in [3.63, 3.8) is 0 Å². The number of nitriles is 1. The van der Waals surface area contributed by atoms with Gasteiger partial charge in [0.1, 0.15) is 11.8 Å². The fourth-order valence-electron chi connectivity index (χ4n) is 1.86. The van der Waals surface area contributed by atoms with Crippen LogP contribution in [-0.4, -0.2) is 9.55 Å². The highest BCUT2D eigenvalue weighted by atomic mass is 32.1. The van der Waals surface area contributed by atoms with E-state index in [4.69, 9.17) is 5.26 Å². The first-order chi connectivity index (χ1) is 8.63. The Balaban J connectivity index is 1.99. The van der Waals surface area contributed by atoms with Crippen LogP contribution in [0, 0.1) is 25.2 Å². The molecule has 94 valence electrons. The van der Waals surface area contributed by atoms with E-state index >= 15 is 0 Å². The molecule has 0 aliphatic heterocycles. The van der Waals surface area contributed by atoms with Crippen molar-refractivity contribution in [2.45, 2.75) is 26.9 Å². The van der Waals surface area contributed by atoms with Gasteiger partial charge in [0.25, 0.3) is 0 Å². The van der Waals surface area contributed by atoms with E-state index in [0.29, 0.717) is 5.69 Å². The summed E-state index contributed by atoms with van der Waals surface area (Å²) >= 11 is 1.67. The number of hydrogen-bond donors (Lipinski definition) is 1. The lowest BCUT2D eigenvalue weighted by Gasteiger charge is -2.04. The van der Waals surface area contributed by atoms with Gasteiger partial charge in [0.05, 0.1) is 11.2 Å². The Hall–Kier alpha value is -1.64. The van der Waals surface area contributed by atoms with Crippen LogP contribution >= 0.6 is 11.3 Å². The van der Waals surface area contributed by atoms with Crippen molar-refractivity contribution in [3.8, 4) is 6.07 Å². The van der Waals surface area contributed by atoms with Crippen LogP contribution in [0.1, 0.15) is 27.5 Å². The number of thiazole rings is 1. The van der Waals surface area contributed by atoms with Crippen LogP contribution in [0.4, 0.5) is 0 Å². The fourth-order valence-corrected chi connectivity index (χ4v) is 2.60. The van der Waals surface area contributed by atoms with E-state index in [1.165, 1.54) is 10.4 Å². The molecule has 2 aromatic rings. The highest BCUT2D eigenvalue weighted by Gasteiger charge is 2.08. The van der Waals surface area contributed by atoms with Crippen molar-refractivity contribution in [1.82, 2.24) is 14.9 Å². The lowest BCUT2D eigenvalue weighted by molar-refractivity contribution is 0.691. The third-order valence-corrected chi connectivity index (χ3v) is 4.14. The van der Waals surface area contributed by atoms with Gasteiger partial charge in [-0.2, -0.15) is 5.26 Å². The Bertz CT molecular complexity index is 589. The second-order valence-electron chi connectivity index (χ2n) is 4.28. The Morgan fingerprint density at radius 3 is 2.78 bits per heavy atom. The van der Waals surface area contributed by atoms with Gasteiger partial charge < -0.3 is 9.88 Å². The van der Waals surface area contributed by atoms with Crippen LogP contribution in [0.15, 0.2) is 11.6 Å². The van der Waals surface area contributed by atoms with E-state index in [0.717, 1.165) is 24.5 Å². The molecule has 0 aliphatic carbocycles. The van der Waals surface area contributed by atoms with E-state index in [9.17, 15) is 0 Å². The molecule has 0 amide bonds. The van der Waals surface area contributed by atoms with Crippen LogP contribution in [0.3, 0.4) is 0 Å². The van der Waals surface area contributed by atoms with Crippen LogP contribution in [-0.2, 0) is 20.1 Å². The van der Waals surface area contributed by atoms with E-state index in [2.05, 4.69) is 16.4 Å². The summed E-state index contributed by atoms with van der Waals surface area (Å²) in [5.41, 5.74) is 5.98. The number of rotatable bonds is 4. The zero-order valence-electron chi connectivity index (χ0n) is 10.8. The minimum atomic E-state index is 0.707. The molecule has 5 heteroatoms. The van der Waals surface area contributed by atoms with Crippen LogP contribution in [0.2, 0.25) is 0 Å². The van der Waals surface area contributed by atoms with E-state index in [1.54, 1.807) is 11.3 Å². The molecule has 0 saturated carbocycles. The Kier molecular flexibility index (Phi) is 3.80. The number of nitrogens with zero attached hydrogens (tertiary/aromatic N) is 3. The highest BCUT2D eigenvalue weighted by Crippen LogP contribution is 2.15. The third kappa shape index (κ3) is 2.45. The molecule has 0 fully saturated rings. The van der Waals surface area contributed by atoms with Gasteiger partial charge in [-0.1, -0.05) is 0 Å². The zero-order valence-corrected chi connectivity index (χ0v) is 11.6. The first-order valence-electron chi connectivity index (χ1n) is 5.78. The molecule has 0 spiro atoms. The quantitative estimate of drug-likeness (QED) is 0.917. The summed E-state index contributed by atoms with van der Waals surface area (Å²) in [4.78, 5) is 5.49. The zero-order chi connectivity index (χ0) is 13.1. The smallest absolute Gasteiger partial charge is 0.120 e. The Morgan fingerprint density at radius 2 is 2.22 bits per heavy atom. The predicted molar refractivity (Wildman–Crippen MR) is 72.3 cm³/mol. The van der Waals surface area contributed by atoms with Crippen LogP contribution in [0.5, 0.6) is 0 Å². The molecular weight excluding hydrogens is 244 g/mol. The van der Waals surface area contributed by atoms with Gasteiger partial charge in [-0.05, 0) is 25.5 Å². The van der Waals surface area contributed by atoms with Gasteiger partial charge in [0.15, 0.2) is 0 Å². The lowest BCUT2D eigenvalue weighted by atomic mass is 10.2.